The second-order valence-corrected chi connectivity index (χ2v) is 8.30. The number of rotatable bonds is 3. The summed E-state index contributed by atoms with van der Waals surface area (Å²) in [5.74, 6) is -0.170. The number of amides is 3. The Balaban J connectivity index is 1.84. The SMILES string of the molecule is NC(=O)c1sc2nc(N3CCNC(=O)C3)cc(C3CCCN(C(=O)O)C3)c2c1N. The third-order valence-electron chi connectivity index (χ3n) is 5.43. The van der Waals surface area contributed by atoms with Gasteiger partial charge in [0, 0.05) is 37.5 Å². The molecule has 4 heterocycles. The molecule has 154 valence electrons. The summed E-state index contributed by atoms with van der Waals surface area (Å²) in [5.41, 5.74) is 12.9. The van der Waals surface area contributed by atoms with Crippen LogP contribution in [0.5, 0.6) is 0 Å². The van der Waals surface area contributed by atoms with Crippen molar-refractivity contribution in [2.24, 2.45) is 5.73 Å². The van der Waals surface area contributed by atoms with Gasteiger partial charge in [-0.1, -0.05) is 0 Å². The summed E-state index contributed by atoms with van der Waals surface area (Å²) in [6.07, 6.45) is 0.572. The van der Waals surface area contributed by atoms with E-state index >= 15 is 0 Å². The molecule has 1 unspecified atom stereocenters. The van der Waals surface area contributed by atoms with Gasteiger partial charge in [0.15, 0.2) is 0 Å². The maximum Gasteiger partial charge on any atom is 0.407 e. The molecule has 6 N–H and O–H groups in total. The van der Waals surface area contributed by atoms with Gasteiger partial charge in [-0.15, -0.1) is 11.3 Å². The van der Waals surface area contributed by atoms with E-state index < -0.39 is 12.0 Å². The Morgan fingerprint density at radius 2 is 2.14 bits per heavy atom. The van der Waals surface area contributed by atoms with Crippen molar-refractivity contribution in [2.75, 3.05) is 43.4 Å². The number of carbonyl (C=O) groups is 3. The molecule has 29 heavy (non-hydrogen) atoms. The molecule has 10 nitrogen and oxygen atoms in total. The van der Waals surface area contributed by atoms with Gasteiger partial charge in [0.1, 0.15) is 15.5 Å². The molecule has 2 aliphatic heterocycles. The van der Waals surface area contributed by atoms with Crippen molar-refractivity contribution in [3.05, 3.63) is 16.5 Å². The van der Waals surface area contributed by atoms with Crippen LogP contribution in [-0.4, -0.2) is 65.6 Å². The highest BCUT2D eigenvalue weighted by atomic mass is 32.1. The number of primary amides is 1. The first-order valence-electron chi connectivity index (χ1n) is 9.37. The smallest absolute Gasteiger partial charge is 0.407 e. The number of thiophene rings is 1. The fraction of sp³-hybridized carbons (Fsp3) is 0.444. The zero-order valence-electron chi connectivity index (χ0n) is 15.7. The van der Waals surface area contributed by atoms with Crippen LogP contribution < -0.4 is 21.7 Å². The van der Waals surface area contributed by atoms with Gasteiger partial charge < -0.3 is 31.7 Å². The van der Waals surface area contributed by atoms with E-state index in [-0.39, 0.29) is 28.9 Å². The normalized spacial score (nSPS) is 20.0. The predicted octanol–water partition coefficient (Wildman–Crippen LogP) is 0.771. The van der Waals surface area contributed by atoms with Gasteiger partial charge >= 0.3 is 6.09 Å². The highest BCUT2D eigenvalue weighted by molar-refractivity contribution is 7.21. The van der Waals surface area contributed by atoms with Gasteiger partial charge in [-0.05, 0) is 24.5 Å². The molecule has 4 rings (SSSR count). The Morgan fingerprint density at radius 1 is 1.34 bits per heavy atom. The zero-order valence-corrected chi connectivity index (χ0v) is 16.5. The van der Waals surface area contributed by atoms with E-state index in [1.165, 1.54) is 4.90 Å². The molecule has 1 atom stereocenters. The standard InChI is InChI=1S/C18H22N6O4S/c19-14-13-10(9-2-1-4-24(7-9)18(27)28)6-11(23-5-3-21-12(25)8-23)22-17(13)29-15(14)16(20)26/h6,9H,1-5,7-8,19H2,(H2,20,26)(H,21,25)(H,27,28). The summed E-state index contributed by atoms with van der Waals surface area (Å²) in [4.78, 5) is 43.9. The maximum atomic E-state index is 11.8. The summed E-state index contributed by atoms with van der Waals surface area (Å²) in [7, 11) is 0. The number of carboxylic acid groups (broad SMARTS) is 1. The number of hydrogen-bond acceptors (Lipinski definition) is 7. The second kappa shape index (κ2) is 7.39. The lowest BCUT2D eigenvalue weighted by Gasteiger charge is -2.32. The van der Waals surface area contributed by atoms with Crippen molar-refractivity contribution < 1.29 is 19.5 Å². The summed E-state index contributed by atoms with van der Waals surface area (Å²) >= 11 is 1.13. The Morgan fingerprint density at radius 3 is 2.83 bits per heavy atom. The number of anilines is 2. The van der Waals surface area contributed by atoms with Crippen LogP contribution in [0, 0.1) is 0 Å². The lowest BCUT2D eigenvalue weighted by molar-refractivity contribution is -0.120. The molecule has 0 spiro atoms. The predicted molar refractivity (Wildman–Crippen MR) is 109 cm³/mol. The summed E-state index contributed by atoms with van der Waals surface area (Å²) in [5, 5.41) is 12.9. The van der Waals surface area contributed by atoms with E-state index in [1.54, 1.807) is 0 Å². The zero-order chi connectivity index (χ0) is 20.7. The van der Waals surface area contributed by atoms with Crippen LogP contribution in [0.1, 0.15) is 34.0 Å². The number of nitrogens with two attached hydrogens (primary N) is 2. The van der Waals surface area contributed by atoms with Crippen LogP contribution in [0.25, 0.3) is 10.2 Å². The van der Waals surface area contributed by atoms with Gasteiger partial charge in [0.25, 0.3) is 5.91 Å². The molecule has 2 saturated heterocycles. The van der Waals surface area contributed by atoms with Crippen LogP contribution in [0.3, 0.4) is 0 Å². The molecule has 2 aromatic heterocycles. The molecule has 0 radical (unpaired) electrons. The Bertz CT molecular complexity index is 1010. The van der Waals surface area contributed by atoms with Crippen LogP contribution in [0.15, 0.2) is 6.07 Å². The van der Waals surface area contributed by atoms with Crippen LogP contribution in [-0.2, 0) is 4.79 Å². The minimum Gasteiger partial charge on any atom is -0.465 e. The van der Waals surface area contributed by atoms with Crippen LogP contribution >= 0.6 is 11.3 Å². The quantitative estimate of drug-likeness (QED) is 0.574. The molecule has 0 saturated carbocycles. The van der Waals surface area contributed by atoms with Gasteiger partial charge in [-0.25, -0.2) is 9.78 Å². The second-order valence-electron chi connectivity index (χ2n) is 7.30. The minimum atomic E-state index is -0.955. The van der Waals surface area contributed by atoms with E-state index in [4.69, 9.17) is 11.5 Å². The first-order chi connectivity index (χ1) is 13.8. The van der Waals surface area contributed by atoms with E-state index in [0.717, 1.165) is 29.7 Å². The lowest BCUT2D eigenvalue weighted by atomic mass is 9.89. The summed E-state index contributed by atoms with van der Waals surface area (Å²) in [6.45, 7) is 2.15. The number of hydrogen-bond donors (Lipinski definition) is 4. The third-order valence-corrected chi connectivity index (χ3v) is 6.55. The lowest BCUT2D eigenvalue weighted by Crippen LogP contribution is -2.48. The number of nitrogens with zero attached hydrogens (tertiary/aromatic N) is 3. The molecule has 3 amide bonds. The number of carbonyl (C=O) groups excluding carboxylic acids is 2. The number of piperazine rings is 1. The Kier molecular flexibility index (Phi) is 4.91. The van der Waals surface area contributed by atoms with Crippen LogP contribution in [0.2, 0.25) is 0 Å². The van der Waals surface area contributed by atoms with E-state index in [2.05, 4.69) is 10.3 Å². The first-order valence-corrected chi connectivity index (χ1v) is 10.2. The fourth-order valence-electron chi connectivity index (χ4n) is 4.04. The molecule has 2 aliphatic rings. The van der Waals surface area contributed by atoms with Gasteiger partial charge in [-0.2, -0.15) is 0 Å². The number of aromatic nitrogens is 1. The van der Waals surface area contributed by atoms with Gasteiger partial charge in [0.05, 0.1) is 12.2 Å². The van der Waals surface area contributed by atoms with Crippen molar-refractivity contribution in [2.45, 2.75) is 18.8 Å². The molecule has 0 bridgehead atoms. The minimum absolute atomic E-state index is 0.0830. The first kappa shape index (κ1) is 19.2. The summed E-state index contributed by atoms with van der Waals surface area (Å²) in [6, 6.07) is 1.88. The number of nitrogens with one attached hydrogen (secondary N) is 1. The average molecular weight is 418 g/mol. The summed E-state index contributed by atoms with van der Waals surface area (Å²) < 4.78 is 0. The van der Waals surface area contributed by atoms with Crippen molar-refractivity contribution in [3.8, 4) is 0 Å². The van der Waals surface area contributed by atoms with Crippen molar-refractivity contribution in [1.29, 1.82) is 0 Å². The maximum absolute atomic E-state index is 11.8. The van der Waals surface area contributed by atoms with E-state index in [1.807, 2.05) is 11.0 Å². The van der Waals surface area contributed by atoms with Crippen LogP contribution in [0.4, 0.5) is 16.3 Å². The number of fused-ring (bicyclic) bond motifs is 1. The van der Waals surface area contributed by atoms with Crippen molar-refractivity contribution in [1.82, 2.24) is 15.2 Å². The highest BCUT2D eigenvalue weighted by Crippen LogP contribution is 2.41. The van der Waals surface area contributed by atoms with Gasteiger partial charge in [-0.3, -0.25) is 9.59 Å². The molecule has 0 aliphatic carbocycles. The van der Waals surface area contributed by atoms with Gasteiger partial charge in [0.2, 0.25) is 5.91 Å². The molecular weight excluding hydrogens is 396 g/mol. The topological polar surface area (TPSA) is 155 Å². The third kappa shape index (κ3) is 3.53. The number of nitrogen functional groups attached to an aromatic ring is 1. The largest absolute Gasteiger partial charge is 0.465 e. The molecule has 2 fully saturated rings. The van der Waals surface area contributed by atoms with Crippen molar-refractivity contribution in [3.63, 3.8) is 0 Å². The average Bonchev–Trinajstić information content (AvgIpc) is 3.04. The molecular formula is C18H22N6O4S. The van der Waals surface area contributed by atoms with Crippen molar-refractivity contribution >= 4 is 51.0 Å². The monoisotopic (exact) mass is 418 g/mol. The molecule has 2 aromatic rings. The van der Waals surface area contributed by atoms with E-state index in [9.17, 15) is 19.5 Å². The Labute approximate surface area is 170 Å². The van der Waals surface area contributed by atoms with E-state index in [0.29, 0.717) is 42.2 Å². The molecule has 0 aromatic carbocycles. The highest BCUT2D eigenvalue weighted by Gasteiger charge is 2.30. The molecule has 11 heteroatoms. The number of pyridine rings is 1. The number of likely N-dealkylation sites (tertiary alicyclic amines) is 1. The fourth-order valence-corrected chi connectivity index (χ4v) is 5.02. The Hall–Kier alpha value is -3.08. The number of piperidine rings is 1.